The Morgan fingerprint density at radius 2 is 0.661 bits per heavy atom. The van der Waals surface area contributed by atoms with Gasteiger partial charge in [0.15, 0.2) is 6.10 Å². The zero-order chi connectivity index (χ0) is 43.0. The minimum absolute atomic E-state index is 0.0824. The summed E-state index contributed by atoms with van der Waals surface area (Å²) in [5, 5.41) is 0. The topological polar surface area (TPSA) is 78.9 Å². The van der Waals surface area contributed by atoms with Gasteiger partial charge in [0.1, 0.15) is 13.2 Å². The number of allylic oxidation sites excluding steroid dienone is 14. The number of hydrogen-bond acceptors (Lipinski definition) is 6. The van der Waals surface area contributed by atoms with Crippen molar-refractivity contribution in [3.63, 3.8) is 0 Å². The molecule has 0 aliphatic rings. The maximum Gasteiger partial charge on any atom is 0.306 e. The van der Waals surface area contributed by atoms with Gasteiger partial charge in [0, 0.05) is 19.3 Å². The number of unbranched alkanes of at least 4 members (excludes halogenated alkanes) is 17. The maximum atomic E-state index is 12.6. The van der Waals surface area contributed by atoms with E-state index >= 15 is 0 Å². The highest BCUT2D eigenvalue weighted by molar-refractivity contribution is 5.71. The Morgan fingerprint density at radius 3 is 1.03 bits per heavy atom. The van der Waals surface area contributed by atoms with Crippen LogP contribution in [-0.2, 0) is 28.6 Å². The Labute approximate surface area is 363 Å². The maximum absolute atomic E-state index is 12.6. The lowest BCUT2D eigenvalue weighted by molar-refractivity contribution is -0.167. The Kier molecular flexibility index (Phi) is 44.5. The zero-order valence-corrected chi connectivity index (χ0v) is 38.2. The van der Waals surface area contributed by atoms with Gasteiger partial charge in [0.25, 0.3) is 0 Å². The quantitative estimate of drug-likeness (QED) is 0.0264. The number of rotatable bonds is 42. The molecule has 0 aromatic heterocycles. The van der Waals surface area contributed by atoms with Gasteiger partial charge in [-0.25, -0.2) is 0 Å². The van der Waals surface area contributed by atoms with Crippen LogP contribution in [0.1, 0.15) is 213 Å². The first-order chi connectivity index (χ1) is 29.0. The first-order valence-electron chi connectivity index (χ1n) is 24.1. The largest absolute Gasteiger partial charge is 0.462 e. The van der Waals surface area contributed by atoms with Crippen molar-refractivity contribution in [1.82, 2.24) is 0 Å². The highest BCUT2D eigenvalue weighted by Gasteiger charge is 2.19. The van der Waals surface area contributed by atoms with Crippen molar-refractivity contribution < 1.29 is 28.6 Å². The van der Waals surface area contributed by atoms with E-state index in [9.17, 15) is 14.4 Å². The van der Waals surface area contributed by atoms with E-state index in [4.69, 9.17) is 14.2 Å². The van der Waals surface area contributed by atoms with E-state index in [0.717, 1.165) is 122 Å². The number of carbonyl (C=O) groups is 3. The van der Waals surface area contributed by atoms with Crippen molar-refractivity contribution in [1.29, 1.82) is 0 Å². The molecule has 0 rings (SSSR count). The number of esters is 3. The summed E-state index contributed by atoms with van der Waals surface area (Å²) in [6, 6.07) is 0. The molecular weight excluding hydrogens is 733 g/mol. The van der Waals surface area contributed by atoms with Gasteiger partial charge in [0.05, 0.1) is 0 Å². The molecule has 0 heterocycles. The van der Waals surface area contributed by atoms with Gasteiger partial charge in [-0.1, -0.05) is 202 Å². The molecule has 1 atom stereocenters. The first kappa shape index (κ1) is 55.6. The molecule has 0 aliphatic heterocycles. The molecule has 0 aromatic rings. The van der Waals surface area contributed by atoms with Crippen LogP contribution in [0.2, 0.25) is 0 Å². The van der Waals surface area contributed by atoms with Gasteiger partial charge in [-0.05, 0) is 77.0 Å². The van der Waals surface area contributed by atoms with Gasteiger partial charge < -0.3 is 14.2 Å². The van der Waals surface area contributed by atoms with E-state index in [1.807, 2.05) is 0 Å². The average Bonchev–Trinajstić information content (AvgIpc) is 3.23. The Morgan fingerprint density at radius 1 is 0.356 bits per heavy atom. The molecule has 0 fully saturated rings. The molecule has 0 amide bonds. The third-order valence-corrected chi connectivity index (χ3v) is 9.91. The fraction of sp³-hybridized carbons (Fsp3) is 0.679. The summed E-state index contributed by atoms with van der Waals surface area (Å²) in [6.07, 6.45) is 60.3. The second-order valence-electron chi connectivity index (χ2n) is 15.6. The van der Waals surface area contributed by atoms with E-state index in [1.54, 1.807) is 0 Å². The molecule has 0 spiro atoms. The van der Waals surface area contributed by atoms with Crippen molar-refractivity contribution in [2.75, 3.05) is 13.2 Å². The van der Waals surface area contributed by atoms with Crippen LogP contribution >= 0.6 is 0 Å². The third kappa shape index (κ3) is 45.5. The number of carbonyl (C=O) groups excluding carboxylic acids is 3. The molecule has 0 saturated heterocycles. The lowest BCUT2D eigenvalue weighted by atomic mass is 10.1. The molecule has 0 radical (unpaired) electrons. The zero-order valence-electron chi connectivity index (χ0n) is 38.2. The van der Waals surface area contributed by atoms with Gasteiger partial charge in [0.2, 0.25) is 0 Å². The number of ether oxygens (including phenoxy) is 3. The summed E-state index contributed by atoms with van der Waals surface area (Å²) in [7, 11) is 0. The van der Waals surface area contributed by atoms with Crippen molar-refractivity contribution in [3.8, 4) is 0 Å². The molecule has 0 N–H and O–H groups in total. The van der Waals surface area contributed by atoms with Crippen LogP contribution in [-0.4, -0.2) is 37.2 Å². The smallest absolute Gasteiger partial charge is 0.306 e. The Hall–Kier alpha value is -3.41. The molecule has 6 heteroatoms. The average molecular weight is 821 g/mol. The predicted molar refractivity (Wildman–Crippen MR) is 251 cm³/mol. The SMILES string of the molecule is CC/C=C\C/C=C\C/C=C\C/C=C\C/C=C\C/C=C\C/C=C\CCCCCCCC(=O)OCC(COC(=O)CCCCCCCC)OC(=O)CCCCCCCCCC. The fourth-order valence-electron chi connectivity index (χ4n) is 6.30. The Bertz CT molecular complexity index is 1170. The van der Waals surface area contributed by atoms with Crippen molar-refractivity contribution in [3.05, 3.63) is 85.1 Å². The van der Waals surface area contributed by atoms with E-state index in [-0.39, 0.29) is 31.1 Å². The highest BCUT2D eigenvalue weighted by Crippen LogP contribution is 2.13. The van der Waals surface area contributed by atoms with Gasteiger partial charge in [-0.2, -0.15) is 0 Å². The van der Waals surface area contributed by atoms with Gasteiger partial charge >= 0.3 is 17.9 Å². The summed E-state index contributed by atoms with van der Waals surface area (Å²) in [4.78, 5) is 37.5. The van der Waals surface area contributed by atoms with Crippen LogP contribution in [0.4, 0.5) is 0 Å². The Balaban J connectivity index is 4.14. The molecule has 0 bridgehead atoms. The van der Waals surface area contributed by atoms with Crippen molar-refractivity contribution >= 4 is 17.9 Å². The third-order valence-electron chi connectivity index (χ3n) is 9.91. The molecular formula is C53H88O6. The molecule has 0 aliphatic carbocycles. The van der Waals surface area contributed by atoms with Crippen LogP contribution in [0.15, 0.2) is 85.1 Å². The molecule has 0 aromatic carbocycles. The fourth-order valence-corrected chi connectivity index (χ4v) is 6.30. The van der Waals surface area contributed by atoms with Crippen molar-refractivity contribution in [2.45, 2.75) is 219 Å². The van der Waals surface area contributed by atoms with E-state index in [1.165, 1.54) is 51.4 Å². The predicted octanol–water partition coefficient (Wildman–Crippen LogP) is 15.6. The lowest BCUT2D eigenvalue weighted by Gasteiger charge is -2.18. The number of hydrogen-bond donors (Lipinski definition) is 0. The van der Waals surface area contributed by atoms with E-state index in [2.05, 4.69) is 106 Å². The van der Waals surface area contributed by atoms with Crippen LogP contribution in [0.25, 0.3) is 0 Å². The standard InChI is InChI=1S/C53H88O6/c1-4-7-10-13-16-18-19-20-21-22-23-24-25-26-27-28-29-30-31-32-33-34-35-36-38-40-43-46-52(55)58-49-50(48-57-51(54)45-42-39-15-12-9-6-3)59-53(56)47-44-41-37-17-14-11-8-5-2/h7,10,16,18,20-21,23-24,26-27,29-30,32-33,50H,4-6,8-9,11-15,17,19,22,25,28,31,34-49H2,1-3H3/b10-7-,18-16-,21-20-,24-23-,27-26-,30-29-,33-32-. The monoisotopic (exact) mass is 821 g/mol. The van der Waals surface area contributed by atoms with Crippen LogP contribution in [0.5, 0.6) is 0 Å². The summed E-state index contributed by atoms with van der Waals surface area (Å²) < 4.78 is 16.6. The molecule has 59 heavy (non-hydrogen) atoms. The van der Waals surface area contributed by atoms with Crippen LogP contribution < -0.4 is 0 Å². The lowest BCUT2D eigenvalue weighted by Crippen LogP contribution is -2.30. The second kappa shape index (κ2) is 47.3. The molecule has 6 nitrogen and oxygen atoms in total. The van der Waals surface area contributed by atoms with Gasteiger partial charge in [-0.3, -0.25) is 14.4 Å². The van der Waals surface area contributed by atoms with E-state index < -0.39 is 6.10 Å². The minimum Gasteiger partial charge on any atom is -0.462 e. The molecule has 1 unspecified atom stereocenters. The summed E-state index contributed by atoms with van der Waals surface area (Å²) >= 11 is 0. The van der Waals surface area contributed by atoms with E-state index in [0.29, 0.717) is 19.3 Å². The summed E-state index contributed by atoms with van der Waals surface area (Å²) in [5.41, 5.74) is 0. The van der Waals surface area contributed by atoms with Crippen LogP contribution in [0.3, 0.4) is 0 Å². The van der Waals surface area contributed by atoms with Crippen LogP contribution in [0, 0.1) is 0 Å². The second-order valence-corrected chi connectivity index (χ2v) is 15.6. The van der Waals surface area contributed by atoms with Gasteiger partial charge in [-0.15, -0.1) is 0 Å². The van der Waals surface area contributed by atoms with Crippen molar-refractivity contribution in [2.24, 2.45) is 0 Å². The molecule has 336 valence electrons. The minimum atomic E-state index is -0.776. The molecule has 0 saturated carbocycles. The first-order valence-corrected chi connectivity index (χ1v) is 24.1. The highest BCUT2D eigenvalue weighted by atomic mass is 16.6. The summed E-state index contributed by atoms with van der Waals surface area (Å²) in [6.45, 7) is 6.39. The summed E-state index contributed by atoms with van der Waals surface area (Å²) in [5.74, 6) is -0.922. The normalized spacial score (nSPS) is 12.8.